The largest absolute Gasteiger partial charge is 0.427 e. The van der Waals surface area contributed by atoms with Crippen LogP contribution in [0.5, 0.6) is 5.75 Å². The quantitative estimate of drug-likeness (QED) is 0.614. The number of carbonyl (C=O) groups is 3. The fraction of sp³-hybridized carbons (Fsp3) is 0.250. The van der Waals surface area contributed by atoms with Crippen molar-refractivity contribution in [2.45, 2.75) is 6.92 Å². The molecule has 0 aliphatic carbocycles. The summed E-state index contributed by atoms with van der Waals surface area (Å²) in [4.78, 5) is 39.4. The Balaban J connectivity index is 1.62. The van der Waals surface area contributed by atoms with Crippen molar-refractivity contribution in [1.82, 2.24) is 9.80 Å². The number of hydrogen-bond donors (Lipinski definition) is 0. The van der Waals surface area contributed by atoms with Crippen molar-refractivity contribution >= 4 is 17.8 Å². The van der Waals surface area contributed by atoms with Crippen LogP contribution >= 0.6 is 0 Å². The van der Waals surface area contributed by atoms with Crippen molar-refractivity contribution in [3.05, 3.63) is 65.5 Å². The van der Waals surface area contributed by atoms with Crippen LogP contribution in [-0.4, -0.2) is 53.8 Å². The minimum Gasteiger partial charge on any atom is -0.427 e. The summed E-state index contributed by atoms with van der Waals surface area (Å²) in [6.07, 6.45) is 0. The standard InChI is InChI=1S/C20H19FN2O4/c1-14(24)27-18-7-3-5-16(13-18)20(26)23-10-8-22(9-11-23)19(25)15-4-2-6-17(21)12-15/h2-7,12-13H,8-11H2,1H3. The maximum Gasteiger partial charge on any atom is 0.308 e. The van der Waals surface area contributed by atoms with E-state index in [9.17, 15) is 18.8 Å². The molecule has 2 aromatic rings. The monoisotopic (exact) mass is 370 g/mol. The number of hydrogen-bond acceptors (Lipinski definition) is 4. The Labute approximate surface area is 156 Å². The van der Waals surface area contributed by atoms with E-state index in [4.69, 9.17) is 4.74 Å². The van der Waals surface area contributed by atoms with Crippen molar-refractivity contribution in [3.63, 3.8) is 0 Å². The molecule has 1 aliphatic heterocycles. The molecule has 2 aromatic carbocycles. The SMILES string of the molecule is CC(=O)Oc1cccc(C(=O)N2CCN(C(=O)c3cccc(F)c3)CC2)c1. The number of esters is 1. The number of ether oxygens (including phenoxy) is 1. The van der Waals surface area contributed by atoms with E-state index < -0.39 is 11.8 Å². The molecular weight excluding hydrogens is 351 g/mol. The number of piperazine rings is 1. The minimum atomic E-state index is -0.456. The lowest BCUT2D eigenvalue weighted by molar-refractivity contribution is -0.131. The summed E-state index contributed by atoms with van der Waals surface area (Å²) in [7, 11) is 0. The van der Waals surface area contributed by atoms with Crippen LogP contribution in [0.2, 0.25) is 0 Å². The lowest BCUT2D eigenvalue weighted by Gasteiger charge is -2.35. The van der Waals surface area contributed by atoms with Gasteiger partial charge in [-0.15, -0.1) is 0 Å². The third kappa shape index (κ3) is 4.49. The topological polar surface area (TPSA) is 66.9 Å². The fourth-order valence-electron chi connectivity index (χ4n) is 2.96. The van der Waals surface area contributed by atoms with Crippen LogP contribution in [0.1, 0.15) is 27.6 Å². The van der Waals surface area contributed by atoms with Crippen molar-refractivity contribution in [3.8, 4) is 5.75 Å². The summed E-state index contributed by atoms with van der Waals surface area (Å²) in [5.74, 6) is -1.04. The van der Waals surface area contributed by atoms with Gasteiger partial charge in [-0.2, -0.15) is 0 Å². The molecule has 7 heteroatoms. The van der Waals surface area contributed by atoms with Crippen LogP contribution in [0.4, 0.5) is 4.39 Å². The first-order chi connectivity index (χ1) is 12.9. The second kappa shape index (κ2) is 7.99. The third-order valence-corrected chi connectivity index (χ3v) is 4.27. The van der Waals surface area contributed by atoms with Gasteiger partial charge in [-0.1, -0.05) is 12.1 Å². The van der Waals surface area contributed by atoms with Crippen LogP contribution < -0.4 is 4.74 Å². The number of amides is 2. The summed E-state index contributed by atoms with van der Waals surface area (Å²) in [5.41, 5.74) is 0.711. The van der Waals surface area contributed by atoms with Gasteiger partial charge in [0, 0.05) is 44.2 Å². The first-order valence-corrected chi connectivity index (χ1v) is 8.56. The molecule has 1 aliphatic rings. The van der Waals surface area contributed by atoms with E-state index in [0.29, 0.717) is 43.1 Å². The predicted molar refractivity (Wildman–Crippen MR) is 96.0 cm³/mol. The molecule has 0 saturated carbocycles. The molecule has 1 saturated heterocycles. The van der Waals surface area contributed by atoms with E-state index in [2.05, 4.69) is 0 Å². The molecule has 3 rings (SSSR count). The second-order valence-corrected chi connectivity index (χ2v) is 6.22. The molecule has 2 amide bonds. The summed E-state index contributed by atoms with van der Waals surface area (Å²) >= 11 is 0. The zero-order chi connectivity index (χ0) is 19.4. The van der Waals surface area contributed by atoms with Gasteiger partial charge in [-0.25, -0.2) is 4.39 Å². The average molecular weight is 370 g/mol. The molecule has 0 atom stereocenters. The van der Waals surface area contributed by atoms with E-state index in [1.165, 1.54) is 31.2 Å². The second-order valence-electron chi connectivity index (χ2n) is 6.22. The van der Waals surface area contributed by atoms with Gasteiger partial charge in [0.1, 0.15) is 11.6 Å². The molecule has 0 aromatic heterocycles. The lowest BCUT2D eigenvalue weighted by Crippen LogP contribution is -2.50. The van der Waals surface area contributed by atoms with Crippen molar-refractivity contribution in [1.29, 1.82) is 0 Å². The van der Waals surface area contributed by atoms with Crippen molar-refractivity contribution in [2.75, 3.05) is 26.2 Å². The average Bonchev–Trinajstić information content (AvgIpc) is 2.66. The smallest absolute Gasteiger partial charge is 0.308 e. The molecule has 0 N–H and O–H groups in total. The molecular formula is C20H19FN2O4. The number of nitrogens with zero attached hydrogens (tertiary/aromatic N) is 2. The molecule has 0 radical (unpaired) electrons. The van der Waals surface area contributed by atoms with E-state index >= 15 is 0 Å². The number of halogens is 1. The van der Waals surface area contributed by atoms with Gasteiger partial charge in [0.2, 0.25) is 0 Å². The highest BCUT2D eigenvalue weighted by Crippen LogP contribution is 2.17. The third-order valence-electron chi connectivity index (χ3n) is 4.27. The highest BCUT2D eigenvalue weighted by molar-refractivity contribution is 5.96. The van der Waals surface area contributed by atoms with Crippen molar-refractivity contribution in [2.24, 2.45) is 0 Å². The van der Waals surface area contributed by atoms with Crippen LogP contribution in [0.3, 0.4) is 0 Å². The first-order valence-electron chi connectivity index (χ1n) is 8.56. The maximum atomic E-state index is 13.3. The molecule has 1 heterocycles. The van der Waals surface area contributed by atoms with Crippen LogP contribution in [0.15, 0.2) is 48.5 Å². The zero-order valence-corrected chi connectivity index (χ0v) is 14.9. The normalized spacial score (nSPS) is 14.0. The van der Waals surface area contributed by atoms with Crippen LogP contribution in [-0.2, 0) is 4.79 Å². The summed E-state index contributed by atoms with van der Waals surface area (Å²) in [6, 6.07) is 12.0. The molecule has 140 valence electrons. The Morgan fingerprint density at radius 1 is 0.852 bits per heavy atom. The Bertz CT molecular complexity index is 876. The summed E-state index contributed by atoms with van der Waals surface area (Å²) in [6.45, 7) is 2.77. The van der Waals surface area contributed by atoms with Gasteiger partial charge in [0.15, 0.2) is 0 Å². The number of carbonyl (C=O) groups excluding carboxylic acids is 3. The minimum absolute atomic E-state index is 0.193. The molecule has 6 nitrogen and oxygen atoms in total. The zero-order valence-electron chi connectivity index (χ0n) is 14.9. The number of rotatable bonds is 3. The van der Waals surface area contributed by atoms with Gasteiger partial charge >= 0.3 is 5.97 Å². The Kier molecular flexibility index (Phi) is 5.49. The summed E-state index contributed by atoms with van der Waals surface area (Å²) in [5, 5.41) is 0. The fourth-order valence-corrected chi connectivity index (χ4v) is 2.96. The van der Waals surface area contributed by atoms with Crippen LogP contribution in [0, 0.1) is 5.82 Å². The van der Waals surface area contributed by atoms with Gasteiger partial charge in [0.05, 0.1) is 0 Å². The summed E-state index contributed by atoms with van der Waals surface area (Å²) < 4.78 is 18.3. The highest BCUT2D eigenvalue weighted by atomic mass is 19.1. The van der Waals surface area contributed by atoms with Crippen molar-refractivity contribution < 1.29 is 23.5 Å². The molecule has 27 heavy (non-hydrogen) atoms. The van der Waals surface area contributed by atoms with E-state index in [1.807, 2.05) is 0 Å². The molecule has 0 unspecified atom stereocenters. The van der Waals surface area contributed by atoms with Gasteiger partial charge in [-0.05, 0) is 36.4 Å². The van der Waals surface area contributed by atoms with E-state index in [0.717, 1.165) is 0 Å². The molecule has 0 spiro atoms. The predicted octanol–water partition coefficient (Wildman–Crippen LogP) is 2.35. The number of benzene rings is 2. The van der Waals surface area contributed by atoms with Gasteiger partial charge < -0.3 is 14.5 Å². The Hall–Kier alpha value is -3.22. The highest BCUT2D eigenvalue weighted by Gasteiger charge is 2.25. The van der Waals surface area contributed by atoms with E-state index in [-0.39, 0.29) is 11.8 Å². The van der Waals surface area contributed by atoms with Crippen LogP contribution in [0.25, 0.3) is 0 Å². The van der Waals surface area contributed by atoms with E-state index in [1.54, 1.807) is 34.1 Å². The van der Waals surface area contributed by atoms with Gasteiger partial charge in [0.25, 0.3) is 11.8 Å². The molecule has 1 fully saturated rings. The Morgan fingerprint density at radius 2 is 1.37 bits per heavy atom. The Morgan fingerprint density at radius 3 is 1.89 bits per heavy atom. The molecule has 0 bridgehead atoms. The maximum absolute atomic E-state index is 13.3. The van der Waals surface area contributed by atoms with Gasteiger partial charge in [-0.3, -0.25) is 14.4 Å². The lowest BCUT2D eigenvalue weighted by atomic mass is 10.1. The first kappa shape index (κ1) is 18.6.